The Bertz CT molecular complexity index is 428. The molecule has 0 atom stereocenters. The van der Waals surface area contributed by atoms with Crippen LogP contribution in [0, 0.1) is 17.2 Å². The third-order valence-corrected chi connectivity index (χ3v) is 4.07. The van der Waals surface area contributed by atoms with Crippen LogP contribution in [0.3, 0.4) is 0 Å². The smallest absolute Gasteiger partial charge is 0.0908 e. The summed E-state index contributed by atoms with van der Waals surface area (Å²) in [7, 11) is 0. The molecule has 94 valence electrons. The number of allylic oxidation sites excluding steroid dienone is 2. The first kappa shape index (κ1) is 12.9. The molecule has 0 saturated heterocycles. The first-order valence-corrected chi connectivity index (χ1v) is 6.98. The van der Waals surface area contributed by atoms with Gasteiger partial charge in [-0.2, -0.15) is 5.26 Å². The van der Waals surface area contributed by atoms with Crippen LogP contribution in [0.4, 0.5) is 0 Å². The summed E-state index contributed by atoms with van der Waals surface area (Å²) >= 11 is 0. The van der Waals surface area contributed by atoms with Crippen molar-refractivity contribution in [2.45, 2.75) is 44.9 Å². The number of rotatable bonds is 3. The van der Waals surface area contributed by atoms with Crippen LogP contribution >= 0.6 is 0 Å². The number of nitriles is 1. The van der Waals surface area contributed by atoms with Crippen molar-refractivity contribution in [3.05, 3.63) is 47.5 Å². The molecule has 1 fully saturated rings. The zero-order valence-electron chi connectivity index (χ0n) is 11.1. The lowest BCUT2D eigenvalue weighted by atomic mass is 9.78. The standard InChI is InChI=1S/C17H21N/c1-2-14-5-9-16(10-6-14)17-11-7-15(8-12-17)4-3-13-18/h3-6,9-10,15,17H,2,7-8,11-12H2,1H3. The number of benzene rings is 1. The Hall–Kier alpha value is -1.55. The minimum Gasteiger partial charge on any atom is -0.193 e. The molecule has 1 aromatic carbocycles. The number of hydrogen-bond donors (Lipinski definition) is 0. The van der Waals surface area contributed by atoms with Crippen molar-refractivity contribution >= 4 is 0 Å². The first-order chi connectivity index (χ1) is 8.83. The normalized spacial score (nSPS) is 24.0. The van der Waals surface area contributed by atoms with Crippen LogP contribution in [0.25, 0.3) is 0 Å². The average molecular weight is 239 g/mol. The summed E-state index contributed by atoms with van der Waals surface area (Å²) in [6, 6.07) is 11.2. The van der Waals surface area contributed by atoms with E-state index in [-0.39, 0.29) is 0 Å². The molecular formula is C17H21N. The summed E-state index contributed by atoms with van der Waals surface area (Å²) < 4.78 is 0. The monoisotopic (exact) mass is 239 g/mol. The highest BCUT2D eigenvalue weighted by Crippen LogP contribution is 2.36. The molecule has 2 rings (SSSR count). The van der Waals surface area contributed by atoms with Crippen LogP contribution in [0.5, 0.6) is 0 Å². The fourth-order valence-electron chi connectivity index (χ4n) is 2.85. The maximum absolute atomic E-state index is 8.54. The summed E-state index contributed by atoms with van der Waals surface area (Å²) in [4.78, 5) is 0. The number of aryl methyl sites for hydroxylation is 1. The lowest BCUT2D eigenvalue weighted by Crippen LogP contribution is -2.11. The molecule has 0 amide bonds. The van der Waals surface area contributed by atoms with E-state index < -0.39 is 0 Å². The van der Waals surface area contributed by atoms with E-state index in [0.717, 1.165) is 12.3 Å². The van der Waals surface area contributed by atoms with E-state index in [1.807, 2.05) is 0 Å². The Balaban J connectivity index is 1.92. The minimum absolute atomic E-state index is 0.621. The number of nitrogens with zero attached hydrogens (tertiary/aromatic N) is 1. The molecule has 0 radical (unpaired) electrons. The SMILES string of the molecule is CCc1ccc(C2CCC(C=CC#N)CC2)cc1. The van der Waals surface area contributed by atoms with Gasteiger partial charge in [-0.05, 0) is 55.1 Å². The van der Waals surface area contributed by atoms with Crippen molar-refractivity contribution in [3.8, 4) is 6.07 Å². The molecule has 18 heavy (non-hydrogen) atoms. The third kappa shape index (κ3) is 3.23. The van der Waals surface area contributed by atoms with E-state index in [2.05, 4.69) is 43.3 Å². The van der Waals surface area contributed by atoms with Gasteiger partial charge in [0.15, 0.2) is 0 Å². The predicted molar refractivity (Wildman–Crippen MR) is 75.3 cm³/mol. The van der Waals surface area contributed by atoms with Crippen molar-refractivity contribution < 1.29 is 0 Å². The highest BCUT2D eigenvalue weighted by Gasteiger charge is 2.20. The first-order valence-electron chi connectivity index (χ1n) is 6.98. The van der Waals surface area contributed by atoms with Gasteiger partial charge in [0.05, 0.1) is 6.07 Å². The molecule has 0 unspecified atom stereocenters. The fraction of sp³-hybridized carbons (Fsp3) is 0.471. The van der Waals surface area contributed by atoms with Gasteiger partial charge in [0.1, 0.15) is 0 Å². The lowest BCUT2D eigenvalue weighted by molar-refractivity contribution is 0.376. The van der Waals surface area contributed by atoms with E-state index in [9.17, 15) is 0 Å². The fourth-order valence-corrected chi connectivity index (χ4v) is 2.85. The Kier molecular flexibility index (Phi) is 4.59. The van der Waals surface area contributed by atoms with Gasteiger partial charge >= 0.3 is 0 Å². The van der Waals surface area contributed by atoms with Gasteiger partial charge in [-0.25, -0.2) is 0 Å². The molecule has 0 spiro atoms. The molecule has 0 aromatic heterocycles. The van der Waals surface area contributed by atoms with Gasteiger partial charge in [0.2, 0.25) is 0 Å². The summed E-state index contributed by atoms with van der Waals surface area (Å²) in [6.45, 7) is 2.20. The van der Waals surface area contributed by atoms with Crippen LogP contribution in [0.2, 0.25) is 0 Å². The van der Waals surface area contributed by atoms with Crippen LogP contribution in [0.15, 0.2) is 36.4 Å². The molecule has 1 nitrogen and oxygen atoms in total. The van der Waals surface area contributed by atoms with Crippen molar-refractivity contribution in [2.75, 3.05) is 0 Å². The van der Waals surface area contributed by atoms with E-state index in [1.54, 1.807) is 6.08 Å². The van der Waals surface area contributed by atoms with Gasteiger partial charge in [-0.1, -0.05) is 37.3 Å². The largest absolute Gasteiger partial charge is 0.193 e. The molecular weight excluding hydrogens is 218 g/mol. The Morgan fingerprint density at radius 1 is 1.17 bits per heavy atom. The molecule has 1 aliphatic rings. The van der Waals surface area contributed by atoms with E-state index in [0.29, 0.717) is 5.92 Å². The van der Waals surface area contributed by atoms with E-state index in [1.165, 1.54) is 36.8 Å². The van der Waals surface area contributed by atoms with Crippen molar-refractivity contribution in [1.29, 1.82) is 5.26 Å². The Labute approximate surface area is 110 Å². The van der Waals surface area contributed by atoms with Gasteiger partial charge in [-0.3, -0.25) is 0 Å². The topological polar surface area (TPSA) is 23.8 Å². The van der Waals surface area contributed by atoms with E-state index in [4.69, 9.17) is 5.26 Å². The maximum atomic E-state index is 8.54. The Morgan fingerprint density at radius 3 is 2.39 bits per heavy atom. The number of hydrogen-bond acceptors (Lipinski definition) is 1. The Morgan fingerprint density at radius 2 is 1.83 bits per heavy atom. The van der Waals surface area contributed by atoms with Crippen molar-refractivity contribution in [1.82, 2.24) is 0 Å². The van der Waals surface area contributed by atoms with Crippen LogP contribution in [-0.4, -0.2) is 0 Å². The van der Waals surface area contributed by atoms with Gasteiger partial charge < -0.3 is 0 Å². The summed E-state index contributed by atoms with van der Waals surface area (Å²) in [5.74, 6) is 1.35. The lowest BCUT2D eigenvalue weighted by Gasteiger charge is -2.27. The minimum atomic E-state index is 0.621. The van der Waals surface area contributed by atoms with Crippen molar-refractivity contribution in [2.24, 2.45) is 5.92 Å². The highest BCUT2D eigenvalue weighted by atomic mass is 14.3. The zero-order chi connectivity index (χ0) is 12.8. The molecule has 0 bridgehead atoms. The average Bonchev–Trinajstić information content (AvgIpc) is 2.46. The molecule has 0 heterocycles. The van der Waals surface area contributed by atoms with Gasteiger partial charge in [0.25, 0.3) is 0 Å². The van der Waals surface area contributed by atoms with E-state index >= 15 is 0 Å². The zero-order valence-corrected chi connectivity index (χ0v) is 11.1. The quantitative estimate of drug-likeness (QED) is 0.707. The van der Waals surface area contributed by atoms with Crippen molar-refractivity contribution in [3.63, 3.8) is 0 Å². The van der Waals surface area contributed by atoms with Gasteiger partial charge in [0, 0.05) is 6.08 Å². The molecule has 1 heteroatoms. The van der Waals surface area contributed by atoms with Crippen LogP contribution in [0.1, 0.15) is 49.7 Å². The predicted octanol–water partition coefficient (Wildman–Crippen LogP) is 4.60. The second kappa shape index (κ2) is 6.40. The summed E-state index contributed by atoms with van der Waals surface area (Å²) in [6.07, 6.45) is 9.79. The van der Waals surface area contributed by atoms with Crippen LogP contribution < -0.4 is 0 Å². The van der Waals surface area contributed by atoms with Gasteiger partial charge in [-0.15, -0.1) is 0 Å². The third-order valence-electron chi connectivity index (χ3n) is 4.07. The molecule has 1 aromatic rings. The maximum Gasteiger partial charge on any atom is 0.0908 e. The highest BCUT2D eigenvalue weighted by molar-refractivity contribution is 5.26. The second-order valence-corrected chi connectivity index (χ2v) is 5.20. The summed E-state index contributed by atoms with van der Waals surface area (Å²) in [5, 5.41) is 8.54. The molecule has 0 N–H and O–H groups in total. The summed E-state index contributed by atoms with van der Waals surface area (Å²) in [5.41, 5.74) is 2.92. The second-order valence-electron chi connectivity index (χ2n) is 5.20. The van der Waals surface area contributed by atoms with Crippen LogP contribution in [-0.2, 0) is 6.42 Å². The molecule has 1 saturated carbocycles. The molecule has 1 aliphatic carbocycles. The molecule has 0 aliphatic heterocycles.